The zero-order valence-corrected chi connectivity index (χ0v) is 8.50. The van der Waals surface area contributed by atoms with E-state index in [1.807, 2.05) is 13.0 Å². The van der Waals surface area contributed by atoms with E-state index in [4.69, 9.17) is 0 Å². The molecule has 74 valence electrons. The molecule has 0 amide bonds. The van der Waals surface area contributed by atoms with Crippen molar-refractivity contribution in [1.82, 2.24) is 4.83 Å². The zero-order valence-electron chi connectivity index (χ0n) is 7.69. The van der Waals surface area contributed by atoms with Crippen LogP contribution >= 0.6 is 0 Å². The Morgan fingerprint density at radius 2 is 2.07 bits per heavy atom. The van der Waals surface area contributed by atoms with Gasteiger partial charge in [0.05, 0.1) is 10.6 Å². The van der Waals surface area contributed by atoms with E-state index in [-0.39, 0.29) is 0 Å². The molecule has 1 aliphatic rings. The lowest BCUT2D eigenvalue weighted by molar-refractivity contribution is 0.582. The second kappa shape index (κ2) is 3.09. The summed E-state index contributed by atoms with van der Waals surface area (Å²) in [4.78, 5) is 2.49. The summed E-state index contributed by atoms with van der Waals surface area (Å²) in [6.07, 6.45) is 0.708. The first-order chi connectivity index (χ1) is 6.65. The molecule has 0 unspecified atom stereocenters. The van der Waals surface area contributed by atoms with Crippen LogP contribution in [0.2, 0.25) is 0 Å². The molecule has 0 spiro atoms. The van der Waals surface area contributed by atoms with Crippen LogP contribution in [-0.2, 0) is 10.0 Å². The standard InChI is InChI=1S/C9H10N2O2S/c1-2-8-7-5-3-4-6-9(7)14(12,13)11-10-8/h3-6,11H,2H2,1H3. The van der Waals surface area contributed by atoms with E-state index in [9.17, 15) is 8.42 Å². The Hall–Kier alpha value is -1.36. The maximum Gasteiger partial charge on any atom is 0.277 e. The Labute approximate surface area is 82.7 Å². The van der Waals surface area contributed by atoms with Gasteiger partial charge in [-0.2, -0.15) is 18.4 Å². The van der Waals surface area contributed by atoms with Crippen molar-refractivity contribution in [3.8, 4) is 0 Å². The van der Waals surface area contributed by atoms with E-state index in [1.165, 1.54) is 0 Å². The van der Waals surface area contributed by atoms with Crippen LogP contribution in [0.5, 0.6) is 0 Å². The molecule has 0 atom stereocenters. The lowest BCUT2D eigenvalue weighted by atomic mass is 10.1. The van der Waals surface area contributed by atoms with E-state index in [0.717, 1.165) is 5.71 Å². The van der Waals surface area contributed by atoms with Gasteiger partial charge in [-0.3, -0.25) is 0 Å². The summed E-state index contributed by atoms with van der Waals surface area (Å²) in [7, 11) is -3.42. The van der Waals surface area contributed by atoms with Crippen molar-refractivity contribution in [2.75, 3.05) is 0 Å². The van der Waals surface area contributed by atoms with E-state index in [1.54, 1.807) is 18.2 Å². The molecular weight excluding hydrogens is 200 g/mol. The van der Waals surface area contributed by atoms with Crippen LogP contribution in [0.1, 0.15) is 18.9 Å². The Morgan fingerprint density at radius 3 is 2.79 bits per heavy atom. The molecular formula is C9H10N2O2S. The van der Waals surface area contributed by atoms with Crippen LogP contribution in [0.25, 0.3) is 0 Å². The summed E-state index contributed by atoms with van der Waals surface area (Å²) in [6, 6.07) is 6.87. The first-order valence-corrected chi connectivity index (χ1v) is 5.81. The molecule has 1 N–H and O–H groups in total. The smallest absolute Gasteiger partial charge is 0.200 e. The number of hydrogen-bond donors (Lipinski definition) is 1. The minimum atomic E-state index is -3.42. The van der Waals surface area contributed by atoms with Gasteiger partial charge in [-0.1, -0.05) is 25.1 Å². The number of fused-ring (bicyclic) bond motifs is 1. The maximum atomic E-state index is 11.5. The summed E-state index contributed by atoms with van der Waals surface area (Å²) in [5.74, 6) is 0. The van der Waals surface area contributed by atoms with Crippen LogP contribution in [-0.4, -0.2) is 14.1 Å². The minimum absolute atomic E-state index is 0.312. The number of nitrogens with zero attached hydrogens (tertiary/aromatic N) is 1. The van der Waals surface area contributed by atoms with E-state index >= 15 is 0 Å². The normalized spacial score (nSPS) is 17.9. The molecule has 1 aliphatic heterocycles. The second-order valence-electron chi connectivity index (χ2n) is 3.00. The van der Waals surface area contributed by atoms with Gasteiger partial charge >= 0.3 is 0 Å². The highest BCUT2D eigenvalue weighted by Gasteiger charge is 2.23. The predicted octanol–water partition coefficient (Wildman–Crippen LogP) is 1.09. The van der Waals surface area contributed by atoms with Crippen molar-refractivity contribution in [2.45, 2.75) is 18.2 Å². The molecule has 0 aromatic heterocycles. The number of hydrogen-bond acceptors (Lipinski definition) is 3. The van der Waals surface area contributed by atoms with Crippen LogP contribution in [0, 0.1) is 0 Å². The fraction of sp³-hybridized carbons (Fsp3) is 0.222. The fourth-order valence-electron chi connectivity index (χ4n) is 1.43. The van der Waals surface area contributed by atoms with Gasteiger partial charge in [-0.05, 0) is 12.5 Å². The third kappa shape index (κ3) is 1.29. The van der Waals surface area contributed by atoms with Crippen molar-refractivity contribution < 1.29 is 8.42 Å². The van der Waals surface area contributed by atoms with Crippen LogP contribution < -0.4 is 4.83 Å². The third-order valence-electron chi connectivity index (χ3n) is 2.12. The Balaban J connectivity index is 2.71. The Morgan fingerprint density at radius 1 is 1.36 bits per heavy atom. The SMILES string of the molecule is CCC1=NNS(=O)(=O)c2ccccc21. The van der Waals surface area contributed by atoms with Gasteiger partial charge < -0.3 is 0 Å². The molecule has 0 radical (unpaired) electrons. The second-order valence-corrected chi connectivity index (χ2v) is 4.63. The highest BCUT2D eigenvalue weighted by Crippen LogP contribution is 2.20. The summed E-state index contributed by atoms with van der Waals surface area (Å²) in [6.45, 7) is 1.94. The van der Waals surface area contributed by atoms with Crippen molar-refractivity contribution in [3.05, 3.63) is 29.8 Å². The van der Waals surface area contributed by atoms with E-state index in [0.29, 0.717) is 16.9 Å². The summed E-state index contributed by atoms with van der Waals surface area (Å²) < 4.78 is 23.0. The topological polar surface area (TPSA) is 58.5 Å². The Bertz CT molecular complexity index is 491. The molecule has 1 aromatic rings. The van der Waals surface area contributed by atoms with Crippen molar-refractivity contribution in [2.24, 2.45) is 5.10 Å². The minimum Gasteiger partial charge on any atom is -0.200 e. The maximum absolute atomic E-state index is 11.5. The molecule has 0 aliphatic carbocycles. The molecule has 1 aromatic carbocycles. The first-order valence-electron chi connectivity index (χ1n) is 4.33. The summed E-state index contributed by atoms with van der Waals surface area (Å²) in [5.41, 5.74) is 1.48. The summed E-state index contributed by atoms with van der Waals surface area (Å²) in [5, 5.41) is 3.82. The van der Waals surface area contributed by atoms with E-state index < -0.39 is 10.0 Å². The first kappa shape index (κ1) is 9.21. The molecule has 0 saturated heterocycles. The molecule has 14 heavy (non-hydrogen) atoms. The highest BCUT2D eigenvalue weighted by molar-refractivity contribution is 7.89. The Kier molecular flexibility index (Phi) is 2.03. The number of sulfonamides is 1. The molecule has 0 fully saturated rings. The van der Waals surface area contributed by atoms with Gasteiger partial charge in [0.1, 0.15) is 0 Å². The molecule has 0 saturated carbocycles. The molecule has 1 heterocycles. The van der Waals surface area contributed by atoms with Gasteiger partial charge in [0, 0.05) is 5.56 Å². The van der Waals surface area contributed by atoms with Crippen molar-refractivity contribution in [1.29, 1.82) is 0 Å². The third-order valence-corrected chi connectivity index (χ3v) is 3.39. The molecule has 5 heteroatoms. The predicted molar refractivity (Wildman–Crippen MR) is 53.6 cm³/mol. The van der Waals surface area contributed by atoms with Crippen LogP contribution in [0.4, 0.5) is 0 Å². The number of benzene rings is 1. The average molecular weight is 210 g/mol. The number of rotatable bonds is 1. The zero-order chi connectivity index (χ0) is 10.2. The van der Waals surface area contributed by atoms with Crippen LogP contribution in [0.15, 0.2) is 34.3 Å². The van der Waals surface area contributed by atoms with Gasteiger partial charge in [0.15, 0.2) is 0 Å². The lowest BCUT2D eigenvalue weighted by Crippen LogP contribution is -2.27. The monoisotopic (exact) mass is 210 g/mol. The summed E-state index contributed by atoms with van der Waals surface area (Å²) >= 11 is 0. The van der Waals surface area contributed by atoms with Gasteiger partial charge in [0.25, 0.3) is 10.0 Å². The van der Waals surface area contributed by atoms with Crippen LogP contribution in [0.3, 0.4) is 0 Å². The number of nitrogens with one attached hydrogen (secondary N) is 1. The lowest BCUT2D eigenvalue weighted by Gasteiger charge is -2.16. The van der Waals surface area contributed by atoms with Gasteiger partial charge in [-0.25, -0.2) is 0 Å². The molecule has 0 bridgehead atoms. The van der Waals surface area contributed by atoms with Gasteiger partial charge in [0.2, 0.25) is 0 Å². The van der Waals surface area contributed by atoms with E-state index in [2.05, 4.69) is 9.93 Å². The average Bonchev–Trinajstić information content (AvgIpc) is 2.18. The largest absolute Gasteiger partial charge is 0.277 e. The van der Waals surface area contributed by atoms with Gasteiger partial charge in [-0.15, -0.1) is 0 Å². The number of hydrazone groups is 1. The van der Waals surface area contributed by atoms with Crippen molar-refractivity contribution >= 4 is 15.7 Å². The molecule has 2 rings (SSSR count). The quantitative estimate of drug-likeness (QED) is 0.754. The fourth-order valence-corrected chi connectivity index (χ4v) is 2.50. The highest BCUT2D eigenvalue weighted by atomic mass is 32.2. The van der Waals surface area contributed by atoms with Crippen molar-refractivity contribution in [3.63, 3.8) is 0 Å². The molecule has 4 nitrogen and oxygen atoms in total.